The van der Waals surface area contributed by atoms with Gasteiger partial charge in [-0.3, -0.25) is 9.80 Å². The number of aliphatic hydroxyl groups excluding tert-OH is 1. The maximum Gasteiger partial charge on any atom is 0.253 e. The van der Waals surface area contributed by atoms with E-state index >= 15 is 0 Å². The Bertz CT molecular complexity index is 2000. The number of rotatable bonds is 6. The number of anilines is 1. The summed E-state index contributed by atoms with van der Waals surface area (Å²) in [5.74, 6) is 0.619. The normalized spacial score (nSPS) is 18.2. The van der Waals surface area contributed by atoms with Crippen molar-refractivity contribution in [2.24, 2.45) is 5.10 Å². The summed E-state index contributed by atoms with van der Waals surface area (Å²) < 4.78 is 0. The molecule has 46 heavy (non-hydrogen) atoms. The zero-order chi connectivity index (χ0) is 31.4. The Hall–Kier alpha value is -5.15. The summed E-state index contributed by atoms with van der Waals surface area (Å²) in [6.45, 7) is 3.18. The van der Waals surface area contributed by atoms with Crippen molar-refractivity contribution in [1.82, 2.24) is 19.9 Å². The van der Waals surface area contributed by atoms with Gasteiger partial charge in [0.1, 0.15) is 24.3 Å². The molecule has 2 fully saturated rings. The van der Waals surface area contributed by atoms with Crippen molar-refractivity contribution in [2.75, 3.05) is 18.1 Å². The van der Waals surface area contributed by atoms with Crippen LogP contribution in [0, 0.1) is 6.92 Å². The molecule has 2 aromatic heterocycles. The van der Waals surface area contributed by atoms with E-state index in [1.807, 2.05) is 61.7 Å². The van der Waals surface area contributed by atoms with Gasteiger partial charge in [-0.25, -0.2) is 9.97 Å². The van der Waals surface area contributed by atoms with Gasteiger partial charge in [-0.1, -0.05) is 36.4 Å². The molecule has 230 valence electrons. The summed E-state index contributed by atoms with van der Waals surface area (Å²) in [4.78, 5) is 39.9. The minimum absolute atomic E-state index is 0.0139. The molecule has 2 N–H and O–H groups in total. The maximum atomic E-state index is 13.0. The van der Waals surface area contributed by atoms with E-state index in [1.165, 1.54) is 18.4 Å². The molecule has 1 atom stereocenters. The Kier molecular flexibility index (Phi) is 6.98. The van der Waals surface area contributed by atoms with Crippen molar-refractivity contribution in [3.8, 4) is 22.5 Å². The van der Waals surface area contributed by atoms with Crippen LogP contribution < -0.4 is 5.01 Å². The molecule has 2 aliphatic heterocycles. The molecule has 1 aliphatic carbocycles. The third-order valence-corrected chi connectivity index (χ3v) is 9.62. The Morgan fingerprint density at radius 1 is 0.978 bits per heavy atom. The SMILES string of the molecule is Cc1c(-c2ncnc3[nH]c(-c4ccc(C(=O)N5CCC(O)CC5)cc4)cc23)cccc1N1N=Cc2cc(C3CC3)ccc2C1C=O. The Morgan fingerprint density at radius 3 is 2.54 bits per heavy atom. The number of H-pyrrole nitrogens is 1. The number of hydrogen-bond donors (Lipinski definition) is 2. The first-order valence-electron chi connectivity index (χ1n) is 15.9. The van der Waals surface area contributed by atoms with E-state index in [-0.39, 0.29) is 12.0 Å². The lowest BCUT2D eigenvalue weighted by Crippen LogP contribution is -2.40. The largest absolute Gasteiger partial charge is 0.393 e. The van der Waals surface area contributed by atoms with Crippen LogP contribution in [0.3, 0.4) is 0 Å². The van der Waals surface area contributed by atoms with Crippen LogP contribution in [0.25, 0.3) is 33.5 Å². The van der Waals surface area contributed by atoms with Crippen LogP contribution in [0.1, 0.15) is 70.3 Å². The van der Waals surface area contributed by atoms with Crippen LogP contribution in [0.4, 0.5) is 5.69 Å². The van der Waals surface area contributed by atoms with Gasteiger partial charge >= 0.3 is 0 Å². The lowest BCUT2D eigenvalue weighted by atomic mass is 9.94. The number of aldehydes is 1. The van der Waals surface area contributed by atoms with Gasteiger partial charge < -0.3 is 19.8 Å². The van der Waals surface area contributed by atoms with Crippen molar-refractivity contribution >= 4 is 35.1 Å². The highest BCUT2D eigenvalue weighted by molar-refractivity contribution is 5.97. The van der Waals surface area contributed by atoms with Crippen molar-refractivity contribution in [3.63, 3.8) is 0 Å². The minimum Gasteiger partial charge on any atom is -0.393 e. The number of carbonyl (C=O) groups excluding carboxylic acids is 2. The molecule has 4 heterocycles. The number of nitrogens with one attached hydrogen (secondary N) is 1. The van der Waals surface area contributed by atoms with E-state index in [4.69, 9.17) is 10.1 Å². The van der Waals surface area contributed by atoms with Gasteiger partial charge in [0.05, 0.1) is 23.7 Å². The monoisotopic (exact) mass is 610 g/mol. The second-order valence-electron chi connectivity index (χ2n) is 12.6. The Morgan fingerprint density at radius 2 is 1.78 bits per heavy atom. The van der Waals surface area contributed by atoms with Gasteiger partial charge in [0, 0.05) is 40.9 Å². The molecule has 5 aromatic rings. The molecule has 1 unspecified atom stereocenters. The summed E-state index contributed by atoms with van der Waals surface area (Å²) in [5.41, 5.74) is 9.94. The molecule has 8 rings (SSSR count). The van der Waals surface area contributed by atoms with Gasteiger partial charge in [-0.15, -0.1) is 0 Å². The highest BCUT2D eigenvalue weighted by atomic mass is 16.3. The average Bonchev–Trinajstić information content (AvgIpc) is 3.85. The summed E-state index contributed by atoms with van der Waals surface area (Å²) in [7, 11) is 0. The van der Waals surface area contributed by atoms with Crippen molar-refractivity contribution in [2.45, 2.75) is 50.7 Å². The molecule has 3 aromatic carbocycles. The summed E-state index contributed by atoms with van der Waals surface area (Å²) in [6.07, 6.45) is 7.75. The molecule has 9 nitrogen and oxygen atoms in total. The topological polar surface area (TPSA) is 115 Å². The van der Waals surface area contributed by atoms with Crippen molar-refractivity contribution in [3.05, 3.63) is 101 Å². The number of fused-ring (bicyclic) bond motifs is 2. The first-order valence-corrected chi connectivity index (χ1v) is 15.9. The van der Waals surface area contributed by atoms with E-state index in [0.29, 0.717) is 43.1 Å². The van der Waals surface area contributed by atoms with Crippen LogP contribution in [0.5, 0.6) is 0 Å². The van der Waals surface area contributed by atoms with Crippen LogP contribution in [0.2, 0.25) is 0 Å². The van der Waals surface area contributed by atoms with Crippen LogP contribution in [0.15, 0.2) is 78.2 Å². The molecule has 9 heteroatoms. The van der Waals surface area contributed by atoms with Gasteiger partial charge in [0.2, 0.25) is 0 Å². The van der Waals surface area contributed by atoms with Gasteiger partial charge in [-0.2, -0.15) is 5.10 Å². The molecule has 1 amide bonds. The molecule has 1 saturated heterocycles. The third-order valence-electron chi connectivity index (χ3n) is 9.62. The third kappa shape index (κ3) is 4.97. The predicted octanol–water partition coefficient (Wildman–Crippen LogP) is 6.17. The molecule has 0 spiro atoms. The van der Waals surface area contributed by atoms with Crippen LogP contribution in [-0.4, -0.2) is 62.6 Å². The molecule has 1 saturated carbocycles. The second kappa shape index (κ2) is 11.3. The highest BCUT2D eigenvalue weighted by Crippen LogP contribution is 2.43. The first kappa shape index (κ1) is 28.3. The van der Waals surface area contributed by atoms with E-state index in [9.17, 15) is 14.7 Å². The molecule has 0 bridgehead atoms. The number of hydrogen-bond acceptors (Lipinski definition) is 7. The number of amides is 1. The number of nitrogens with zero attached hydrogens (tertiary/aromatic N) is 5. The van der Waals surface area contributed by atoms with E-state index < -0.39 is 6.04 Å². The van der Waals surface area contributed by atoms with E-state index in [1.54, 1.807) is 16.2 Å². The summed E-state index contributed by atoms with van der Waals surface area (Å²) in [6, 6.07) is 21.5. The van der Waals surface area contributed by atoms with Crippen LogP contribution in [-0.2, 0) is 4.79 Å². The number of benzene rings is 3. The van der Waals surface area contributed by atoms with Crippen molar-refractivity contribution in [1.29, 1.82) is 0 Å². The first-order chi connectivity index (χ1) is 22.5. The average molecular weight is 611 g/mol. The molecular formula is C37H34N6O3. The standard InChI is InChI=1S/C37H34N6O3/c1-22-29(3-2-4-33(22)43-34(20-44)30-12-11-26(23-5-6-23)17-27(30)19-40-43)35-31-18-32(41-36(31)39-21-38-35)24-7-9-25(10-8-24)37(46)42-15-13-28(45)14-16-42/h2-4,7-12,17-21,23,28,34,45H,5-6,13-16H2,1H3,(H,38,39,41). The van der Waals surface area contributed by atoms with Crippen LogP contribution >= 0.6 is 0 Å². The Labute approximate surface area is 266 Å². The fourth-order valence-electron chi connectivity index (χ4n) is 6.80. The zero-order valence-electron chi connectivity index (χ0n) is 25.6. The number of aromatic nitrogens is 3. The van der Waals surface area contributed by atoms with Gasteiger partial charge in [-0.05, 0) is 91.1 Å². The van der Waals surface area contributed by atoms with E-state index in [2.05, 4.69) is 28.2 Å². The lowest BCUT2D eigenvalue weighted by Gasteiger charge is -2.31. The molecule has 0 radical (unpaired) electrons. The predicted molar refractivity (Wildman–Crippen MR) is 178 cm³/mol. The quantitative estimate of drug-likeness (QED) is 0.222. The maximum absolute atomic E-state index is 13.0. The number of likely N-dealkylation sites (tertiary alicyclic amines) is 1. The zero-order valence-corrected chi connectivity index (χ0v) is 25.6. The number of piperidine rings is 1. The number of aromatic amines is 1. The minimum atomic E-state index is -0.525. The van der Waals surface area contributed by atoms with Crippen molar-refractivity contribution < 1.29 is 14.7 Å². The Balaban J connectivity index is 1.10. The van der Waals surface area contributed by atoms with E-state index in [0.717, 1.165) is 56.6 Å². The van der Waals surface area contributed by atoms with Gasteiger partial charge in [0.25, 0.3) is 5.91 Å². The smallest absolute Gasteiger partial charge is 0.253 e. The fourth-order valence-corrected chi connectivity index (χ4v) is 6.80. The molecule has 3 aliphatic rings. The highest BCUT2D eigenvalue weighted by Gasteiger charge is 2.30. The lowest BCUT2D eigenvalue weighted by molar-refractivity contribution is -0.109. The summed E-state index contributed by atoms with van der Waals surface area (Å²) in [5, 5.41) is 17.2. The van der Waals surface area contributed by atoms with Gasteiger partial charge in [0.15, 0.2) is 0 Å². The number of carbonyl (C=O) groups is 2. The second-order valence-corrected chi connectivity index (χ2v) is 12.6. The number of hydrazone groups is 1. The fraction of sp³-hybridized carbons (Fsp3) is 0.270. The summed E-state index contributed by atoms with van der Waals surface area (Å²) >= 11 is 0. The molecular weight excluding hydrogens is 576 g/mol. The number of aliphatic hydroxyl groups is 1.